The number of rotatable bonds is 5. The normalized spacial score (nSPS) is 12.0. The highest BCUT2D eigenvalue weighted by Gasteiger charge is 2.15. The Morgan fingerprint density at radius 1 is 1.09 bits per heavy atom. The topological polar surface area (TPSA) is 29.1 Å². The summed E-state index contributed by atoms with van der Waals surface area (Å²) in [6.07, 6.45) is 0. The Morgan fingerprint density at radius 3 is 2.41 bits per heavy atom. The molecule has 1 atom stereocenters. The summed E-state index contributed by atoms with van der Waals surface area (Å²) in [6.45, 7) is 1.95. The maximum absolute atomic E-state index is 13.1. The van der Waals surface area contributed by atoms with Crippen molar-refractivity contribution in [2.24, 2.45) is 0 Å². The fraction of sp³-hybridized carbons (Fsp3) is 0.188. The number of amides is 1. The van der Waals surface area contributed by atoms with Crippen LogP contribution in [0.2, 0.25) is 0 Å². The number of nitrogens with one attached hydrogen (secondary N) is 1. The first-order chi connectivity index (χ1) is 10.5. The van der Waals surface area contributed by atoms with Crippen LogP contribution >= 0.6 is 11.8 Å². The van der Waals surface area contributed by atoms with Gasteiger partial charge in [-0.2, -0.15) is 0 Å². The third-order valence-electron chi connectivity index (χ3n) is 2.95. The van der Waals surface area contributed by atoms with Gasteiger partial charge in [-0.25, -0.2) is 13.2 Å². The Morgan fingerprint density at radius 2 is 1.77 bits per heavy atom. The number of hydrogen-bond donors (Lipinski definition) is 1. The molecule has 2 rings (SSSR count). The van der Waals surface area contributed by atoms with E-state index in [0.29, 0.717) is 4.90 Å². The molecule has 2 aromatic carbocycles. The SMILES string of the molecule is C[C@@H](Sc1ccc(F)c(F)c1)C(=O)NCc1ccc(F)cc1. The van der Waals surface area contributed by atoms with Crippen molar-refractivity contribution in [1.82, 2.24) is 5.32 Å². The van der Waals surface area contributed by atoms with Crippen LogP contribution in [0.3, 0.4) is 0 Å². The third-order valence-corrected chi connectivity index (χ3v) is 4.05. The molecule has 0 spiro atoms. The molecule has 0 saturated carbocycles. The van der Waals surface area contributed by atoms with Gasteiger partial charge in [0.25, 0.3) is 0 Å². The lowest BCUT2D eigenvalue weighted by atomic mass is 10.2. The van der Waals surface area contributed by atoms with E-state index in [1.54, 1.807) is 19.1 Å². The van der Waals surface area contributed by atoms with Crippen LogP contribution in [0.25, 0.3) is 0 Å². The molecule has 0 saturated heterocycles. The van der Waals surface area contributed by atoms with Crippen molar-refractivity contribution in [2.75, 3.05) is 0 Å². The van der Waals surface area contributed by atoms with Crippen LogP contribution < -0.4 is 5.32 Å². The van der Waals surface area contributed by atoms with Gasteiger partial charge in [-0.1, -0.05) is 12.1 Å². The monoisotopic (exact) mass is 325 g/mol. The molecule has 0 radical (unpaired) electrons. The summed E-state index contributed by atoms with van der Waals surface area (Å²) in [5.41, 5.74) is 0.778. The fourth-order valence-electron chi connectivity index (χ4n) is 1.74. The van der Waals surface area contributed by atoms with Gasteiger partial charge in [0.2, 0.25) is 5.91 Å². The first kappa shape index (κ1) is 16.4. The van der Waals surface area contributed by atoms with Crippen molar-refractivity contribution in [3.63, 3.8) is 0 Å². The van der Waals surface area contributed by atoms with Gasteiger partial charge in [-0.15, -0.1) is 11.8 Å². The maximum atomic E-state index is 13.1. The average molecular weight is 325 g/mol. The second kappa shape index (κ2) is 7.35. The Kier molecular flexibility index (Phi) is 5.49. The van der Waals surface area contributed by atoms with Gasteiger partial charge in [0, 0.05) is 11.4 Å². The first-order valence-electron chi connectivity index (χ1n) is 6.59. The molecule has 116 valence electrons. The molecule has 0 aromatic heterocycles. The van der Waals surface area contributed by atoms with Crippen molar-refractivity contribution < 1.29 is 18.0 Å². The molecule has 0 bridgehead atoms. The number of carbonyl (C=O) groups excluding carboxylic acids is 1. The minimum absolute atomic E-state index is 0.237. The lowest BCUT2D eigenvalue weighted by molar-refractivity contribution is -0.120. The van der Waals surface area contributed by atoms with Crippen LogP contribution in [-0.4, -0.2) is 11.2 Å². The van der Waals surface area contributed by atoms with E-state index in [1.807, 2.05) is 0 Å². The van der Waals surface area contributed by atoms with Gasteiger partial charge in [-0.3, -0.25) is 4.79 Å². The van der Waals surface area contributed by atoms with E-state index >= 15 is 0 Å². The van der Waals surface area contributed by atoms with Crippen LogP contribution in [0.1, 0.15) is 12.5 Å². The average Bonchev–Trinajstić information content (AvgIpc) is 2.50. The van der Waals surface area contributed by atoms with Gasteiger partial charge in [0.05, 0.1) is 5.25 Å². The zero-order chi connectivity index (χ0) is 16.1. The lowest BCUT2D eigenvalue weighted by Crippen LogP contribution is -2.30. The number of carbonyl (C=O) groups is 1. The summed E-state index contributed by atoms with van der Waals surface area (Å²) in [4.78, 5) is 12.4. The van der Waals surface area contributed by atoms with Crippen molar-refractivity contribution in [3.8, 4) is 0 Å². The number of benzene rings is 2. The van der Waals surface area contributed by atoms with Gasteiger partial charge < -0.3 is 5.32 Å². The Hall–Kier alpha value is -1.95. The number of thioether (sulfide) groups is 1. The molecule has 0 fully saturated rings. The lowest BCUT2D eigenvalue weighted by Gasteiger charge is -2.12. The van der Waals surface area contributed by atoms with Crippen molar-refractivity contribution in [2.45, 2.75) is 23.6 Å². The quantitative estimate of drug-likeness (QED) is 0.845. The second-order valence-electron chi connectivity index (χ2n) is 4.68. The van der Waals surface area contributed by atoms with Crippen LogP contribution in [0, 0.1) is 17.5 Å². The Bertz CT molecular complexity index is 661. The molecule has 0 aliphatic heterocycles. The highest BCUT2D eigenvalue weighted by Crippen LogP contribution is 2.24. The zero-order valence-corrected chi connectivity index (χ0v) is 12.6. The molecule has 6 heteroatoms. The summed E-state index contributed by atoms with van der Waals surface area (Å²) in [7, 11) is 0. The predicted octanol–water partition coefficient (Wildman–Crippen LogP) is 3.90. The van der Waals surface area contributed by atoms with E-state index in [-0.39, 0.29) is 18.3 Å². The molecular formula is C16H14F3NOS. The van der Waals surface area contributed by atoms with Crippen molar-refractivity contribution >= 4 is 17.7 Å². The Balaban J connectivity index is 1.88. The minimum Gasteiger partial charge on any atom is -0.351 e. The highest BCUT2D eigenvalue weighted by atomic mass is 32.2. The van der Waals surface area contributed by atoms with Crippen LogP contribution in [-0.2, 0) is 11.3 Å². The molecule has 0 heterocycles. The second-order valence-corrected chi connectivity index (χ2v) is 6.09. The van der Waals surface area contributed by atoms with Gasteiger partial charge >= 0.3 is 0 Å². The molecule has 2 aromatic rings. The predicted molar refractivity (Wildman–Crippen MR) is 79.9 cm³/mol. The fourth-order valence-corrected chi connectivity index (χ4v) is 2.66. The molecular weight excluding hydrogens is 311 g/mol. The zero-order valence-electron chi connectivity index (χ0n) is 11.8. The first-order valence-corrected chi connectivity index (χ1v) is 7.47. The smallest absolute Gasteiger partial charge is 0.233 e. The number of hydrogen-bond acceptors (Lipinski definition) is 2. The van der Waals surface area contributed by atoms with Crippen LogP contribution in [0.4, 0.5) is 13.2 Å². The molecule has 0 aliphatic carbocycles. The van der Waals surface area contributed by atoms with Gasteiger partial charge in [0.15, 0.2) is 11.6 Å². The van der Waals surface area contributed by atoms with E-state index in [0.717, 1.165) is 29.5 Å². The van der Waals surface area contributed by atoms with Gasteiger partial charge in [-0.05, 0) is 42.8 Å². The summed E-state index contributed by atoms with van der Waals surface area (Å²) in [5, 5.41) is 2.25. The van der Waals surface area contributed by atoms with Crippen LogP contribution in [0.15, 0.2) is 47.4 Å². The van der Waals surface area contributed by atoms with Gasteiger partial charge in [0.1, 0.15) is 5.82 Å². The van der Waals surface area contributed by atoms with E-state index in [1.165, 1.54) is 18.2 Å². The largest absolute Gasteiger partial charge is 0.351 e. The molecule has 0 unspecified atom stereocenters. The molecule has 2 nitrogen and oxygen atoms in total. The van der Waals surface area contributed by atoms with E-state index < -0.39 is 16.9 Å². The van der Waals surface area contributed by atoms with Crippen molar-refractivity contribution in [1.29, 1.82) is 0 Å². The molecule has 1 N–H and O–H groups in total. The summed E-state index contributed by atoms with van der Waals surface area (Å²) >= 11 is 1.13. The Labute approximate surface area is 130 Å². The summed E-state index contributed by atoms with van der Waals surface area (Å²) in [5.74, 6) is -2.43. The molecule has 0 aliphatic rings. The highest BCUT2D eigenvalue weighted by molar-refractivity contribution is 8.00. The molecule has 1 amide bonds. The minimum atomic E-state index is -0.941. The van der Waals surface area contributed by atoms with E-state index in [4.69, 9.17) is 0 Å². The van der Waals surface area contributed by atoms with E-state index in [9.17, 15) is 18.0 Å². The standard InChI is InChI=1S/C16H14F3NOS/c1-10(22-13-6-7-14(18)15(19)8-13)16(21)20-9-11-2-4-12(17)5-3-11/h2-8,10H,9H2,1H3,(H,20,21)/t10-/m1/s1. The van der Waals surface area contributed by atoms with E-state index in [2.05, 4.69) is 5.32 Å². The third kappa shape index (κ3) is 4.53. The summed E-state index contributed by atoms with van der Waals surface area (Å²) < 4.78 is 38.7. The maximum Gasteiger partial charge on any atom is 0.233 e. The number of halogens is 3. The van der Waals surface area contributed by atoms with Crippen molar-refractivity contribution in [3.05, 3.63) is 65.5 Å². The van der Waals surface area contributed by atoms with Crippen LogP contribution in [0.5, 0.6) is 0 Å². The molecule has 22 heavy (non-hydrogen) atoms. The summed E-state index contributed by atoms with van der Waals surface area (Å²) in [6, 6.07) is 9.32.